The first kappa shape index (κ1) is 9.92. The second-order valence-electron chi connectivity index (χ2n) is 3.00. The molecule has 2 aromatic rings. The maximum absolute atomic E-state index is 10.4. The molecule has 0 aliphatic carbocycles. The first-order valence-corrected chi connectivity index (χ1v) is 5.34. The smallest absolute Gasteiger partial charge is 0.303 e. The molecule has 2 aromatic heterocycles. The molecule has 0 fully saturated rings. The molecule has 0 atom stereocenters. The number of aromatic nitrogens is 1. The van der Waals surface area contributed by atoms with Crippen LogP contribution in [0.5, 0.6) is 0 Å². The van der Waals surface area contributed by atoms with E-state index in [4.69, 9.17) is 9.52 Å². The average molecular weight is 223 g/mol. The van der Waals surface area contributed by atoms with Crippen molar-refractivity contribution in [2.75, 3.05) is 0 Å². The van der Waals surface area contributed by atoms with Crippen LogP contribution >= 0.6 is 11.3 Å². The van der Waals surface area contributed by atoms with E-state index in [0.29, 0.717) is 12.2 Å². The standard InChI is InChI=1S/C10H9NO3S/c12-10(13)4-3-9-11-7(6-15-9)8-2-1-5-14-8/h1-2,5-6H,3-4H2,(H,12,13). The Hall–Kier alpha value is -1.62. The summed E-state index contributed by atoms with van der Waals surface area (Å²) in [7, 11) is 0. The van der Waals surface area contributed by atoms with E-state index in [-0.39, 0.29) is 6.42 Å². The van der Waals surface area contributed by atoms with E-state index in [1.807, 2.05) is 11.4 Å². The highest BCUT2D eigenvalue weighted by Gasteiger charge is 2.07. The molecule has 78 valence electrons. The molecule has 0 radical (unpaired) electrons. The van der Waals surface area contributed by atoms with Crippen LogP contribution in [0.15, 0.2) is 28.2 Å². The molecule has 0 aliphatic heterocycles. The van der Waals surface area contributed by atoms with Gasteiger partial charge in [0.1, 0.15) is 5.69 Å². The lowest BCUT2D eigenvalue weighted by molar-refractivity contribution is -0.136. The van der Waals surface area contributed by atoms with E-state index >= 15 is 0 Å². The summed E-state index contributed by atoms with van der Waals surface area (Å²) in [6.07, 6.45) is 2.18. The first-order valence-electron chi connectivity index (χ1n) is 4.46. The number of carboxylic acids is 1. The van der Waals surface area contributed by atoms with Crippen LogP contribution in [0, 0.1) is 0 Å². The van der Waals surface area contributed by atoms with Gasteiger partial charge in [0.15, 0.2) is 5.76 Å². The molecule has 4 nitrogen and oxygen atoms in total. The van der Waals surface area contributed by atoms with E-state index in [1.54, 1.807) is 12.3 Å². The van der Waals surface area contributed by atoms with Gasteiger partial charge in [-0.15, -0.1) is 11.3 Å². The van der Waals surface area contributed by atoms with Crippen molar-refractivity contribution >= 4 is 17.3 Å². The molecular weight excluding hydrogens is 214 g/mol. The monoisotopic (exact) mass is 223 g/mol. The number of carbonyl (C=O) groups is 1. The Bertz CT molecular complexity index is 447. The zero-order valence-electron chi connectivity index (χ0n) is 7.84. The highest BCUT2D eigenvalue weighted by Crippen LogP contribution is 2.22. The molecule has 0 aliphatic rings. The fourth-order valence-electron chi connectivity index (χ4n) is 1.18. The van der Waals surface area contributed by atoms with Crippen molar-refractivity contribution in [3.8, 4) is 11.5 Å². The summed E-state index contributed by atoms with van der Waals surface area (Å²) in [5.74, 6) is -0.0856. The van der Waals surface area contributed by atoms with Gasteiger partial charge in [0.2, 0.25) is 0 Å². The van der Waals surface area contributed by atoms with Gasteiger partial charge in [-0.25, -0.2) is 4.98 Å². The number of thiazole rings is 1. The fraction of sp³-hybridized carbons (Fsp3) is 0.200. The Morgan fingerprint density at radius 3 is 3.13 bits per heavy atom. The van der Waals surface area contributed by atoms with Crippen molar-refractivity contribution in [3.05, 3.63) is 28.8 Å². The fourth-order valence-corrected chi connectivity index (χ4v) is 1.96. The average Bonchev–Trinajstić information content (AvgIpc) is 2.85. The van der Waals surface area contributed by atoms with Gasteiger partial charge >= 0.3 is 5.97 Å². The molecular formula is C10H9NO3S. The van der Waals surface area contributed by atoms with Crippen molar-refractivity contribution in [2.24, 2.45) is 0 Å². The molecule has 2 heterocycles. The van der Waals surface area contributed by atoms with Gasteiger partial charge < -0.3 is 9.52 Å². The van der Waals surface area contributed by atoms with Crippen molar-refractivity contribution in [3.63, 3.8) is 0 Å². The molecule has 0 spiro atoms. The number of hydrogen-bond donors (Lipinski definition) is 1. The van der Waals surface area contributed by atoms with Crippen LogP contribution in [-0.4, -0.2) is 16.1 Å². The SMILES string of the molecule is O=C(O)CCc1nc(-c2ccco2)cs1. The van der Waals surface area contributed by atoms with Gasteiger partial charge in [-0.2, -0.15) is 0 Å². The number of aryl methyl sites for hydroxylation is 1. The van der Waals surface area contributed by atoms with Crippen molar-refractivity contribution < 1.29 is 14.3 Å². The van der Waals surface area contributed by atoms with Gasteiger partial charge in [0.05, 0.1) is 17.7 Å². The summed E-state index contributed by atoms with van der Waals surface area (Å²) in [5, 5.41) is 11.2. The lowest BCUT2D eigenvalue weighted by Gasteiger charge is -1.90. The van der Waals surface area contributed by atoms with Gasteiger partial charge in [0, 0.05) is 11.8 Å². The van der Waals surface area contributed by atoms with Crippen LogP contribution in [0.25, 0.3) is 11.5 Å². The van der Waals surface area contributed by atoms with Crippen molar-refractivity contribution in [1.82, 2.24) is 4.98 Å². The van der Waals surface area contributed by atoms with Crippen molar-refractivity contribution in [1.29, 1.82) is 0 Å². The molecule has 15 heavy (non-hydrogen) atoms. The van der Waals surface area contributed by atoms with Crippen molar-refractivity contribution in [2.45, 2.75) is 12.8 Å². The second-order valence-corrected chi connectivity index (χ2v) is 3.94. The number of aliphatic carboxylic acids is 1. The highest BCUT2D eigenvalue weighted by atomic mass is 32.1. The molecule has 0 unspecified atom stereocenters. The minimum absolute atomic E-state index is 0.116. The topological polar surface area (TPSA) is 63.3 Å². The molecule has 0 saturated carbocycles. The van der Waals surface area contributed by atoms with E-state index < -0.39 is 5.97 Å². The molecule has 0 aromatic carbocycles. The number of nitrogens with zero attached hydrogens (tertiary/aromatic N) is 1. The van der Waals surface area contributed by atoms with E-state index in [0.717, 1.165) is 10.7 Å². The van der Waals surface area contributed by atoms with Crippen LogP contribution in [0.2, 0.25) is 0 Å². The van der Waals surface area contributed by atoms with Gasteiger partial charge in [-0.3, -0.25) is 4.79 Å². The Labute approximate surface area is 90.2 Å². The van der Waals surface area contributed by atoms with Crippen LogP contribution in [-0.2, 0) is 11.2 Å². The van der Waals surface area contributed by atoms with Crippen LogP contribution in [0.3, 0.4) is 0 Å². The predicted molar refractivity (Wildman–Crippen MR) is 55.8 cm³/mol. The third-order valence-corrected chi connectivity index (χ3v) is 2.79. The van der Waals surface area contributed by atoms with E-state index in [9.17, 15) is 4.79 Å². The molecule has 0 amide bonds. The normalized spacial score (nSPS) is 10.4. The van der Waals surface area contributed by atoms with Crippen LogP contribution < -0.4 is 0 Å². The summed E-state index contributed by atoms with van der Waals surface area (Å²) in [5.41, 5.74) is 0.769. The van der Waals surface area contributed by atoms with E-state index in [2.05, 4.69) is 4.98 Å². The van der Waals surface area contributed by atoms with Gasteiger partial charge in [-0.05, 0) is 12.1 Å². The Kier molecular flexibility index (Phi) is 2.82. The summed E-state index contributed by atoms with van der Waals surface area (Å²) in [4.78, 5) is 14.7. The third-order valence-electron chi connectivity index (χ3n) is 1.88. The first-order chi connectivity index (χ1) is 7.25. The Morgan fingerprint density at radius 2 is 2.47 bits per heavy atom. The molecule has 1 N–H and O–H groups in total. The van der Waals surface area contributed by atoms with Gasteiger partial charge in [-0.1, -0.05) is 0 Å². The lowest BCUT2D eigenvalue weighted by Crippen LogP contribution is -1.96. The Balaban J connectivity index is 2.08. The molecule has 2 rings (SSSR count). The second kappa shape index (κ2) is 4.27. The lowest BCUT2D eigenvalue weighted by atomic mass is 10.3. The zero-order chi connectivity index (χ0) is 10.7. The van der Waals surface area contributed by atoms with Crippen LogP contribution in [0.1, 0.15) is 11.4 Å². The maximum Gasteiger partial charge on any atom is 0.303 e. The van der Waals surface area contributed by atoms with Crippen LogP contribution in [0.4, 0.5) is 0 Å². The maximum atomic E-state index is 10.4. The number of carboxylic acid groups (broad SMARTS) is 1. The van der Waals surface area contributed by atoms with Gasteiger partial charge in [0.25, 0.3) is 0 Å². The van der Waals surface area contributed by atoms with E-state index in [1.165, 1.54) is 11.3 Å². The third kappa shape index (κ3) is 2.44. The molecule has 5 heteroatoms. The number of rotatable bonds is 4. The largest absolute Gasteiger partial charge is 0.481 e. The minimum atomic E-state index is -0.801. The molecule has 0 saturated heterocycles. The zero-order valence-corrected chi connectivity index (χ0v) is 8.66. The summed E-state index contributed by atoms with van der Waals surface area (Å²) >= 11 is 1.46. The molecule has 0 bridgehead atoms. The number of furan rings is 1. The minimum Gasteiger partial charge on any atom is -0.481 e. The quantitative estimate of drug-likeness (QED) is 0.864. The predicted octanol–water partition coefficient (Wildman–Crippen LogP) is 2.42. The number of hydrogen-bond acceptors (Lipinski definition) is 4. The Morgan fingerprint density at radius 1 is 1.60 bits per heavy atom. The summed E-state index contributed by atoms with van der Waals surface area (Å²) in [6, 6.07) is 3.63. The summed E-state index contributed by atoms with van der Waals surface area (Å²) < 4.78 is 5.19. The summed E-state index contributed by atoms with van der Waals surface area (Å²) in [6.45, 7) is 0. The highest BCUT2D eigenvalue weighted by molar-refractivity contribution is 7.09.